The van der Waals surface area contributed by atoms with Crippen molar-refractivity contribution in [1.82, 2.24) is 0 Å². The molecular weight excluding hydrogens is 372 g/mol. The van der Waals surface area contributed by atoms with Gasteiger partial charge in [0.05, 0.1) is 7.11 Å². The topological polar surface area (TPSA) is 35.5 Å². The molecule has 0 radical (unpaired) electrons. The average molecular weight is 407 g/mol. The highest BCUT2D eigenvalue weighted by atomic mass is 16.5. The van der Waals surface area contributed by atoms with E-state index < -0.39 is 0 Å². The number of methoxy groups -OCH3 is 1. The van der Waals surface area contributed by atoms with Crippen molar-refractivity contribution >= 4 is 11.5 Å². The molecule has 0 aromatic heterocycles. The smallest absolute Gasteiger partial charge is 0.305 e. The van der Waals surface area contributed by atoms with Crippen LogP contribution >= 0.6 is 0 Å². The van der Waals surface area contributed by atoms with E-state index in [2.05, 4.69) is 69.3 Å². The van der Waals surface area contributed by atoms with Gasteiger partial charge in [0.2, 0.25) is 0 Å². The average Bonchev–Trinajstić information content (AvgIpc) is 2.76. The molecule has 0 saturated carbocycles. The quantitative estimate of drug-likeness (QED) is 0.310. The summed E-state index contributed by atoms with van der Waals surface area (Å²) in [6.07, 6.45) is 7.59. The predicted molar refractivity (Wildman–Crippen MR) is 125 cm³/mol. The van der Waals surface area contributed by atoms with E-state index in [9.17, 15) is 4.79 Å². The Morgan fingerprint density at radius 3 is 2.30 bits per heavy atom. The van der Waals surface area contributed by atoms with Crippen molar-refractivity contribution in [3.05, 3.63) is 83.4 Å². The summed E-state index contributed by atoms with van der Waals surface area (Å²) in [7, 11) is 1.45. The molecule has 0 heterocycles. The molecule has 0 aliphatic carbocycles. The summed E-state index contributed by atoms with van der Waals surface area (Å²) in [6, 6.07) is 18.7. The highest BCUT2D eigenvalue weighted by molar-refractivity contribution is 5.69. The molecule has 0 bridgehead atoms. The van der Waals surface area contributed by atoms with E-state index in [-0.39, 0.29) is 5.97 Å². The van der Waals surface area contributed by atoms with Gasteiger partial charge in [0, 0.05) is 6.42 Å². The molecule has 30 heavy (non-hydrogen) atoms. The molecule has 2 rings (SSSR count). The monoisotopic (exact) mass is 406 g/mol. The lowest BCUT2D eigenvalue weighted by molar-refractivity contribution is -0.140. The summed E-state index contributed by atoms with van der Waals surface area (Å²) in [6.45, 7) is 6.85. The van der Waals surface area contributed by atoms with Crippen LogP contribution in [0.5, 0.6) is 5.75 Å². The lowest BCUT2D eigenvalue weighted by atomic mass is 9.91. The van der Waals surface area contributed by atoms with Gasteiger partial charge in [0.15, 0.2) is 0 Å². The summed E-state index contributed by atoms with van der Waals surface area (Å²) >= 11 is 0. The second kappa shape index (κ2) is 12.7. The molecule has 1 unspecified atom stereocenters. The van der Waals surface area contributed by atoms with Crippen LogP contribution in [0.2, 0.25) is 0 Å². The molecule has 0 N–H and O–H groups in total. The molecule has 0 aliphatic heterocycles. The number of ether oxygens (including phenoxy) is 2. The maximum Gasteiger partial charge on any atom is 0.305 e. The zero-order valence-electron chi connectivity index (χ0n) is 18.7. The Hall–Kier alpha value is -2.81. The van der Waals surface area contributed by atoms with Crippen LogP contribution in [0.1, 0.15) is 51.2 Å². The van der Waals surface area contributed by atoms with E-state index >= 15 is 0 Å². The fraction of sp³-hybridized carbons (Fsp3) is 0.370. The molecule has 3 heteroatoms. The zero-order valence-corrected chi connectivity index (χ0v) is 18.7. The van der Waals surface area contributed by atoms with Crippen molar-refractivity contribution in [1.29, 1.82) is 0 Å². The molecule has 0 saturated heterocycles. The Kier molecular flexibility index (Phi) is 9.93. The SMILES string of the molecule is COC(=O)CCC(C=C(C)c1ccc(OCC=C(C)C)cc1)CCc1ccccc1. The first kappa shape index (κ1) is 23.5. The van der Waals surface area contributed by atoms with E-state index in [1.807, 2.05) is 18.2 Å². The van der Waals surface area contributed by atoms with Gasteiger partial charge < -0.3 is 9.47 Å². The Morgan fingerprint density at radius 2 is 1.67 bits per heavy atom. The second-order valence-corrected chi connectivity index (χ2v) is 7.87. The zero-order chi connectivity index (χ0) is 21.8. The summed E-state index contributed by atoms with van der Waals surface area (Å²) in [5.74, 6) is 1.04. The molecule has 1 atom stereocenters. The third-order valence-corrected chi connectivity index (χ3v) is 5.13. The van der Waals surface area contributed by atoms with Crippen LogP contribution in [0, 0.1) is 5.92 Å². The first-order chi connectivity index (χ1) is 14.5. The summed E-state index contributed by atoms with van der Waals surface area (Å²) in [5.41, 5.74) is 4.96. The normalized spacial score (nSPS) is 12.2. The highest BCUT2D eigenvalue weighted by Crippen LogP contribution is 2.24. The van der Waals surface area contributed by atoms with Gasteiger partial charge in [-0.05, 0) is 80.9 Å². The fourth-order valence-corrected chi connectivity index (χ4v) is 3.28. The van der Waals surface area contributed by atoms with Gasteiger partial charge in [-0.15, -0.1) is 0 Å². The van der Waals surface area contributed by atoms with Gasteiger partial charge >= 0.3 is 5.97 Å². The number of esters is 1. The first-order valence-corrected chi connectivity index (χ1v) is 10.6. The number of rotatable bonds is 11. The number of hydrogen-bond acceptors (Lipinski definition) is 3. The van der Waals surface area contributed by atoms with Crippen molar-refractivity contribution < 1.29 is 14.3 Å². The number of benzene rings is 2. The standard InChI is InChI=1S/C27H34O3/c1-21(2)18-19-30-26-15-13-25(14-16-26)22(3)20-24(12-17-27(28)29-4)11-10-23-8-6-5-7-9-23/h5-9,13-16,18,20,24H,10-12,17,19H2,1-4H3. The molecule has 0 amide bonds. The Labute approximate surface area is 181 Å². The Balaban J connectivity index is 2.04. The van der Waals surface area contributed by atoms with Crippen molar-refractivity contribution in [3.8, 4) is 5.75 Å². The maximum atomic E-state index is 11.7. The van der Waals surface area contributed by atoms with E-state index in [0.717, 1.165) is 25.0 Å². The number of hydrogen-bond donors (Lipinski definition) is 0. The fourth-order valence-electron chi connectivity index (χ4n) is 3.28. The van der Waals surface area contributed by atoms with Crippen molar-refractivity contribution in [2.75, 3.05) is 13.7 Å². The van der Waals surface area contributed by atoms with E-state index in [1.54, 1.807) is 0 Å². The van der Waals surface area contributed by atoms with Crippen LogP contribution in [-0.2, 0) is 16.0 Å². The largest absolute Gasteiger partial charge is 0.490 e. The number of allylic oxidation sites excluding steroid dienone is 3. The van der Waals surface area contributed by atoms with Crippen LogP contribution in [0.15, 0.2) is 72.3 Å². The lowest BCUT2D eigenvalue weighted by Crippen LogP contribution is -2.06. The maximum absolute atomic E-state index is 11.7. The van der Waals surface area contributed by atoms with Gasteiger partial charge in [-0.1, -0.05) is 54.1 Å². The van der Waals surface area contributed by atoms with E-state index in [1.165, 1.54) is 29.4 Å². The van der Waals surface area contributed by atoms with E-state index in [0.29, 0.717) is 18.9 Å². The summed E-state index contributed by atoms with van der Waals surface area (Å²) in [5, 5.41) is 0. The van der Waals surface area contributed by atoms with Crippen molar-refractivity contribution in [3.63, 3.8) is 0 Å². The van der Waals surface area contributed by atoms with Gasteiger partial charge in [-0.2, -0.15) is 0 Å². The minimum absolute atomic E-state index is 0.149. The van der Waals surface area contributed by atoms with Gasteiger partial charge in [0.1, 0.15) is 12.4 Å². The number of carbonyl (C=O) groups excluding carboxylic acids is 1. The first-order valence-electron chi connectivity index (χ1n) is 10.6. The molecule has 0 aliphatic rings. The molecule has 0 fully saturated rings. The van der Waals surface area contributed by atoms with Crippen LogP contribution in [-0.4, -0.2) is 19.7 Å². The minimum atomic E-state index is -0.149. The molecule has 3 nitrogen and oxygen atoms in total. The molecular formula is C27H34O3. The molecule has 2 aromatic rings. The van der Waals surface area contributed by atoms with Crippen LogP contribution in [0.4, 0.5) is 0 Å². The highest BCUT2D eigenvalue weighted by Gasteiger charge is 2.11. The van der Waals surface area contributed by atoms with Gasteiger partial charge in [-0.25, -0.2) is 0 Å². The summed E-state index contributed by atoms with van der Waals surface area (Å²) in [4.78, 5) is 11.7. The van der Waals surface area contributed by atoms with Crippen LogP contribution in [0.25, 0.3) is 5.57 Å². The minimum Gasteiger partial charge on any atom is -0.490 e. The third-order valence-electron chi connectivity index (χ3n) is 5.13. The molecule has 160 valence electrons. The number of carbonyl (C=O) groups is 1. The predicted octanol–water partition coefficient (Wildman–Crippen LogP) is 6.64. The van der Waals surface area contributed by atoms with Gasteiger partial charge in [-0.3, -0.25) is 4.79 Å². The lowest BCUT2D eigenvalue weighted by Gasteiger charge is -2.15. The summed E-state index contributed by atoms with van der Waals surface area (Å²) < 4.78 is 10.6. The Morgan fingerprint density at radius 1 is 0.967 bits per heavy atom. The van der Waals surface area contributed by atoms with Crippen molar-refractivity contribution in [2.45, 2.75) is 46.5 Å². The third kappa shape index (κ3) is 8.69. The van der Waals surface area contributed by atoms with Crippen LogP contribution in [0.3, 0.4) is 0 Å². The van der Waals surface area contributed by atoms with Crippen LogP contribution < -0.4 is 4.74 Å². The molecule has 2 aromatic carbocycles. The van der Waals surface area contributed by atoms with E-state index in [4.69, 9.17) is 9.47 Å². The second-order valence-electron chi connectivity index (χ2n) is 7.87. The number of aryl methyl sites for hydroxylation is 1. The van der Waals surface area contributed by atoms with Crippen molar-refractivity contribution in [2.24, 2.45) is 5.92 Å². The Bertz CT molecular complexity index is 828. The molecule has 0 spiro atoms. The van der Waals surface area contributed by atoms with Gasteiger partial charge in [0.25, 0.3) is 0 Å².